The maximum atomic E-state index is 12.7. The number of hydrogen-bond donors (Lipinski definition) is 1. The zero-order valence-corrected chi connectivity index (χ0v) is 18.0. The van der Waals surface area contributed by atoms with Crippen LogP contribution in [0.25, 0.3) is 10.8 Å². The van der Waals surface area contributed by atoms with Crippen LogP contribution in [-0.4, -0.2) is 33.2 Å². The maximum absolute atomic E-state index is 12.7. The van der Waals surface area contributed by atoms with Crippen molar-refractivity contribution in [1.82, 2.24) is 14.8 Å². The smallest absolute Gasteiger partial charge is 0.311 e. The minimum absolute atomic E-state index is 0.00563. The van der Waals surface area contributed by atoms with Gasteiger partial charge >= 0.3 is 5.97 Å². The molecule has 0 aliphatic carbocycles. The van der Waals surface area contributed by atoms with Crippen molar-refractivity contribution in [3.8, 4) is 0 Å². The van der Waals surface area contributed by atoms with E-state index in [4.69, 9.17) is 4.74 Å². The summed E-state index contributed by atoms with van der Waals surface area (Å²) in [7, 11) is 0. The van der Waals surface area contributed by atoms with Crippen LogP contribution in [0.3, 0.4) is 0 Å². The van der Waals surface area contributed by atoms with Gasteiger partial charge in [-0.15, -0.1) is 11.3 Å². The lowest BCUT2D eigenvalue weighted by molar-refractivity contribution is -0.142. The van der Waals surface area contributed by atoms with Crippen LogP contribution in [0, 0.1) is 5.92 Å². The Balaban J connectivity index is 1.78. The van der Waals surface area contributed by atoms with E-state index in [0.717, 1.165) is 0 Å². The normalized spacial score (nSPS) is 11.1. The van der Waals surface area contributed by atoms with Crippen molar-refractivity contribution >= 4 is 39.1 Å². The van der Waals surface area contributed by atoms with Crippen molar-refractivity contribution in [3.05, 3.63) is 51.4 Å². The molecular weight excluding hydrogens is 404 g/mol. The van der Waals surface area contributed by atoms with Gasteiger partial charge in [0.25, 0.3) is 5.56 Å². The fourth-order valence-corrected chi connectivity index (χ4v) is 3.75. The van der Waals surface area contributed by atoms with Crippen LogP contribution in [0.4, 0.5) is 5.13 Å². The molecule has 0 aliphatic heterocycles. The first-order valence-electron chi connectivity index (χ1n) is 9.76. The van der Waals surface area contributed by atoms with E-state index < -0.39 is 0 Å². The summed E-state index contributed by atoms with van der Waals surface area (Å²) in [5.41, 5.74) is 0.918. The summed E-state index contributed by atoms with van der Waals surface area (Å²) in [6, 6.07) is 7.17. The first-order chi connectivity index (χ1) is 14.4. The zero-order chi connectivity index (χ0) is 21.7. The van der Waals surface area contributed by atoms with E-state index in [-0.39, 0.29) is 36.2 Å². The summed E-state index contributed by atoms with van der Waals surface area (Å²) in [6.45, 7) is 6.54. The van der Waals surface area contributed by atoms with Crippen LogP contribution in [0.2, 0.25) is 0 Å². The Labute approximate surface area is 177 Å². The number of nitrogens with zero attached hydrogens (tertiary/aromatic N) is 3. The maximum Gasteiger partial charge on any atom is 0.311 e. The van der Waals surface area contributed by atoms with Gasteiger partial charge in [-0.1, -0.05) is 32.0 Å². The summed E-state index contributed by atoms with van der Waals surface area (Å²) in [5, 5.41) is 10.5. The Bertz CT molecular complexity index is 1120. The summed E-state index contributed by atoms with van der Waals surface area (Å²) >= 11 is 1.24. The average Bonchev–Trinajstić information content (AvgIpc) is 3.11. The molecule has 0 aliphatic rings. The average molecular weight is 429 g/mol. The number of benzene rings is 1. The fourth-order valence-electron chi connectivity index (χ4n) is 3.03. The minimum Gasteiger partial charge on any atom is -0.466 e. The second kappa shape index (κ2) is 9.62. The third-order valence-corrected chi connectivity index (χ3v) is 5.05. The number of fused-ring (bicyclic) bond motifs is 1. The van der Waals surface area contributed by atoms with Gasteiger partial charge in [-0.25, -0.2) is 9.67 Å². The molecule has 0 radical (unpaired) electrons. The molecule has 1 N–H and O–H groups in total. The van der Waals surface area contributed by atoms with Crippen LogP contribution < -0.4 is 10.9 Å². The Kier molecular flexibility index (Phi) is 6.94. The topological polar surface area (TPSA) is 103 Å². The van der Waals surface area contributed by atoms with Gasteiger partial charge in [-0.3, -0.25) is 14.4 Å². The predicted molar refractivity (Wildman–Crippen MR) is 116 cm³/mol. The standard InChI is InChI=1S/C21H24N4O4S/c1-4-29-19(27)9-14-12-30-21(22-14)23-18(26)10-17-15-7-5-6-8-16(15)20(28)25(24-17)11-13(2)3/h5-8,12-13H,4,9-11H2,1-3H3,(H,22,23,26). The molecule has 2 heterocycles. The van der Waals surface area contributed by atoms with Gasteiger partial charge < -0.3 is 10.1 Å². The number of rotatable bonds is 8. The highest BCUT2D eigenvalue weighted by molar-refractivity contribution is 7.13. The van der Waals surface area contributed by atoms with Gasteiger partial charge in [-0.05, 0) is 18.9 Å². The molecule has 1 aromatic carbocycles. The van der Waals surface area contributed by atoms with Crippen molar-refractivity contribution in [3.63, 3.8) is 0 Å². The molecule has 3 aromatic rings. The summed E-state index contributed by atoms with van der Waals surface area (Å²) in [6.07, 6.45) is 0.0677. The Morgan fingerprint density at radius 2 is 1.93 bits per heavy atom. The van der Waals surface area contributed by atoms with Crippen LogP contribution in [0.1, 0.15) is 32.2 Å². The molecule has 158 valence electrons. The third-order valence-electron chi connectivity index (χ3n) is 4.24. The second-order valence-corrected chi connectivity index (χ2v) is 8.08. The molecule has 0 saturated heterocycles. The van der Waals surface area contributed by atoms with Gasteiger partial charge in [0, 0.05) is 17.3 Å². The first kappa shape index (κ1) is 21.6. The highest BCUT2D eigenvalue weighted by Crippen LogP contribution is 2.18. The minimum atomic E-state index is -0.358. The Morgan fingerprint density at radius 1 is 1.20 bits per heavy atom. The number of nitrogens with one attached hydrogen (secondary N) is 1. The van der Waals surface area contributed by atoms with E-state index in [1.807, 2.05) is 19.9 Å². The number of hydrogen-bond acceptors (Lipinski definition) is 7. The highest BCUT2D eigenvalue weighted by atomic mass is 32.1. The fraction of sp³-hybridized carbons (Fsp3) is 0.381. The Hall–Kier alpha value is -3.07. The lowest BCUT2D eigenvalue weighted by atomic mass is 10.1. The molecule has 30 heavy (non-hydrogen) atoms. The lowest BCUT2D eigenvalue weighted by Crippen LogP contribution is -2.28. The van der Waals surface area contributed by atoms with Gasteiger partial charge in [0.1, 0.15) is 0 Å². The number of aromatic nitrogens is 3. The number of anilines is 1. The number of carbonyl (C=O) groups excluding carboxylic acids is 2. The molecule has 0 saturated carbocycles. The second-order valence-electron chi connectivity index (χ2n) is 7.22. The van der Waals surface area contributed by atoms with Crippen LogP contribution in [-0.2, 0) is 33.7 Å². The lowest BCUT2D eigenvalue weighted by Gasteiger charge is -2.12. The monoisotopic (exact) mass is 428 g/mol. The number of ether oxygens (including phenoxy) is 1. The van der Waals surface area contributed by atoms with Crippen molar-refractivity contribution in [2.75, 3.05) is 11.9 Å². The van der Waals surface area contributed by atoms with Gasteiger partial charge in [-0.2, -0.15) is 5.10 Å². The molecule has 8 nitrogen and oxygen atoms in total. The molecule has 2 aromatic heterocycles. The first-order valence-corrected chi connectivity index (χ1v) is 10.6. The highest BCUT2D eigenvalue weighted by Gasteiger charge is 2.16. The van der Waals surface area contributed by atoms with E-state index in [0.29, 0.717) is 40.4 Å². The van der Waals surface area contributed by atoms with Gasteiger partial charge in [0.15, 0.2) is 5.13 Å². The summed E-state index contributed by atoms with van der Waals surface area (Å²) in [5.74, 6) is -0.408. The summed E-state index contributed by atoms with van der Waals surface area (Å²) < 4.78 is 6.33. The number of thiazole rings is 1. The van der Waals surface area contributed by atoms with Crippen LogP contribution in [0.15, 0.2) is 34.4 Å². The van der Waals surface area contributed by atoms with Crippen LogP contribution >= 0.6 is 11.3 Å². The predicted octanol–water partition coefficient (Wildman–Crippen LogP) is 2.80. The molecule has 1 amide bonds. The number of esters is 1. The quantitative estimate of drug-likeness (QED) is 0.554. The molecule has 0 bridgehead atoms. The molecule has 0 spiro atoms. The van der Waals surface area contributed by atoms with Gasteiger partial charge in [0.2, 0.25) is 5.91 Å². The molecule has 0 atom stereocenters. The zero-order valence-electron chi connectivity index (χ0n) is 17.2. The van der Waals surface area contributed by atoms with Gasteiger partial charge in [0.05, 0.1) is 36.2 Å². The van der Waals surface area contributed by atoms with Crippen molar-refractivity contribution in [2.24, 2.45) is 5.92 Å². The van der Waals surface area contributed by atoms with E-state index >= 15 is 0 Å². The molecular formula is C21H24N4O4S. The van der Waals surface area contributed by atoms with Crippen molar-refractivity contribution in [2.45, 2.75) is 40.2 Å². The molecule has 0 unspecified atom stereocenters. The summed E-state index contributed by atoms with van der Waals surface area (Å²) in [4.78, 5) is 41.1. The van der Waals surface area contributed by atoms with E-state index in [9.17, 15) is 14.4 Å². The largest absolute Gasteiger partial charge is 0.466 e. The third kappa shape index (κ3) is 5.29. The van der Waals surface area contributed by atoms with Crippen LogP contribution in [0.5, 0.6) is 0 Å². The van der Waals surface area contributed by atoms with E-state index in [1.54, 1.807) is 30.5 Å². The van der Waals surface area contributed by atoms with Crippen molar-refractivity contribution < 1.29 is 14.3 Å². The molecule has 3 rings (SSSR count). The SMILES string of the molecule is CCOC(=O)Cc1csc(NC(=O)Cc2nn(CC(C)C)c(=O)c3ccccc23)n1. The molecule has 9 heteroatoms. The Morgan fingerprint density at radius 3 is 2.63 bits per heavy atom. The number of carbonyl (C=O) groups is 2. The molecule has 0 fully saturated rings. The van der Waals surface area contributed by atoms with Crippen molar-refractivity contribution in [1.29, 1.82) is 0 Å². The number of amides is 1. The van der Waals surface area contributed by atoms with E-state index in [2.05, 4.69) is 15.4 Å². The van der Waals surface area contributed by atoms with E-state index in [1.165, 1.54) is 16.0 Å².